The summed E-state index contributed by atoms with van der Waals surface area (Å²) in [5, 5.41) is 6.66. The Hall–Kier alpha value is -2.74. The van der Waals surface area contributed by atoms with Gasteiger partial charge in [-0.15, -0.1) is 11.6 Å². The normalized spacial score (nSPS) is 10.5. The van der Waals surface area contributed by atoms with Crippen LogP contribution in [-0.4, -0.2) is 36.5 Å². The summed E-state index contributed by atoms with van der Waals surface area (Å²) in [6.07, 6.45) is 6.10. The number of oxazole rings is 1. The summed E-state index contributed by atoms with van der Waals surface area (Å²) in [6, 6.07) is 3.34. The van der Waals surface area contributed by atoms with Crippen molar-refractivity contribution in [3.63, 3.8) is 0 Å². The van der Waals surface area contributed by atoms with Crippen molar-refractivity contribution in [2.24, 2.45) is 0 Å². The maximum absolute atomic E-state index is 11.4. The number of carbonyl (C=O) groups excluding carboxylic acids is 1. The van der Waals surface area contributed by atoms with E-state index >= 15 is 0 Å². The number of aromatic nitrogens is 5. The second kappa shape index (κ2) is 5.71. The van der Waals surface area contributed by atoms with Gasteiger partial charge in [0, 0.05) is 18.5 Å². The van der Waals surface area contributed by atoms with Crippen LogP contribution in [0.25, 0.3) is 17.4 Å². The predicted molar refractivity (Wildman–Crippen MR) is 74.0 cm³/mol. The minimum atomic E-state index is -0.370. The lowest BCUT2D eigenvalue weighted by molar-refractivity contribution is -0.113. The van der Waals surface area contributed by atoms with Crippen LogP contribution in [0, 0.1) is 0 Å². The summed E-state index contributed by atoms with van der Waals surface area (Å²) in [5.41, 5.74) is 0. The zero-order chi connectivity index (χ0) is 14.7. The van der Waals surface area contributed by atoms with Crippen LogP contribution in [-0.2, 0) is 4.79 Å². The van der Waals surface area contributed by atoms with Crippen LogP contribution in [0.2, 0.25) is 0 Å². The van der Waals surface area contributed by atoms with Crippen molar-refractivity contribution < 1.29 is 9.21 Å². The number of anilines is 1. The quantitative estimate of drug-likeness (QED) is 0.733. The smallest absolute Gasteiger partial charge is 0.240 e. The van der Waals surface area contributed by atoms with Gasteiger partial charge in [-0.3, -0.25) is 4.79 Å². The Morgan fingerprint density at radius 1 is 1.43 bits per heavy atom. The Kier molecular flexibility index (Phi) is 3.61. The van der Waals surface area contributed by atoms with Gasteiger partial charge in [-0.2, -0.15) is 5.10 Å². The van der Waals surface area contributed by atoms with Crippen molar-refractivity contribution >= 4 is 23.3 Å². The minimum absolute atomic E-state index is 0.168. The van der Waals surface area contributed by atoms with Gasteiger partial charge in [-0.1, -0.05) is 0 Å². The molecule has 0 unspecified atom stereocenters. The van der Waals surface area contributed by atoms with Crippen LogP contribution in [0.3, 0.4) is 0 Å². The second-order valence-electron chi connectivity index (χ2n) is 3.93. The van der Waals surface area contributed by atoms with Gasteiger partial charge in [0.2, 0.25) is 11.7 Å². The molecule has 8 nitrogen and oxygen atoms in total. The molecule has 0 aliphatic heterocycles. The fraction of sp³-hybridized carbons (Fsp3) is 0.0833. The molecule has 0 aliphatic carbocycles. The number of carbonyl (C=O) groups is 1. The summed E-state index contributed by atoms with van der Waals surface area (Å²) < 4.78 is 6.71. The Morgan fingerprint density at radius 2 is 2.33 bits per heavy atom. The van der Waals surface area contributed by atoms with Gasteiger partial charge >= 0.3 is 0 Å². The van der Waals surface area contributed by atoms with E-state index in [-0.39, 0.29) is 17.6 Å². The predicted octanol–water partition coefficient (Wildman–Crippen LogP) is 1.49. The van der Waals surface area contributed by atoms with Crippen LogP contribution < -0.4 is 5.32 Å². The van der Waals surface area contributed by atoms with Crippen molar-refractivity contribution in [1.82, 2.24) is 24.7 Å². The van der Waals surface area contributed by atoms with E-state index in [2.05, 4.69) is 25.4 Å². The monoisotopic (exact) mass is 304 g/mol. The van der Waals surface area contributed by atoms with Gasteiger partial charge < -0.3 is 9.73 Å². The molecule has 3 heterocycles. The highest BCUT2D eigenvalue weighted by molar-refractivity contribution is 6.29. The first-order valence-corrected chi connectivity index (χ1v) is 6.43. The molecule has 0 atom stereocenters. The van der Waals surface area contributed by atoms with Gasteiger partial charge in [0.15, 0.2) is 18.0 Å². The minimum Gasteiger partial charge on any atom is -0.440 e. The molecule has 0 aliphatic rings. The molecule has 9 heteroatoms. The molecule has 0 saturated heterocycles. The summed E-state index contributed by atoms with van der Waals surface area (Å²) >= 11 is 5.48. The average Bonchev–Trinajstić information content (AvgIpc) is 3.20. The number of hydrogen-bond donors (Lipinski definition) is 1. The number of amides is 1. The fourth-order valence-electron chi connectivity index (χ4n) is 1.63. The highest BCUT2D eigenvalue weighted by atomic mass is 35.5. The molecule has 1 amide bonds. The van der Waals surface area contributed by atoms with E-state index < -0.39 is 0 Å². The highest BCUT2D eigenvalue weighted by Gasteiger charge is 2.12. The third-order valence-electron chi connectivity index (χ3n) is 2.49. The molecule has 3 aromatic heterocycles. The van der Waals surface area contributed by atoms with Crippen molar-refractivity contribution in [3.05, 3.63) is 37.1 Å². The molecule has 0 bridgehead atoms. The Bertz CT molecular complexity index is 689. The lowest BCUT2D eigenvalue weighted by atomic mass is 10.4. The van der Waals surface area contributed by atoms with Crippen molar-refractivity contribution in [2.45, 2.75) is 0 Å². The van der Waals surface area contributed by atoms with Crippen LogP contribution in [0.1, 0.15) is 0 Å². The molecule has 0 radical (unpaired) electrons. The lowest BCUT2D eigenvalue weighted by Crippen LogP contribution is -2.15. The largest absolute Gasteiger partial charge is 0.440 e. The van der Waals surface area contributed by atoms with Crippen LogP contribution in [0.4, 0.5) is 5.82 Å². The third-order valence-corrected chi connectivity index (χ3v) is 2.74. The van der Waals surface area contributed by atoms with Crippen molar-refractivity contribution in [3.8, 4) is 17.4 Å². The molecule has 0 fully saturated rings. The van der Waals surface area contributed by atoms with E-state index in [0.717, 1.165) is 0 Å². The molecule has 21 heavy (non-hydrogen) atoms. The van der Waals surface area contributed by atoms with Gasteiger partial charge in [0.25, 0.3) is 0 Å². The topological polar surface area (TPSA) is 98.7 Å². The van der Waals surface area contributed by atoms with Crippen molar-refractivity contribution in [2.75, 3.05) is 11.2 Å². The molecule has 1 N–H and O–H groups in total. The Labute approximate surface area is 123 Å². The SMILES string of the molecule is O=C(CCl)Nc1cc(-n2cccn2)nc(-c2cnco2)n1. The van der Waals surface area contributed by atoms with E-state index in [0.29, 0.717) is 17.4 Å². The van der Waals surface area contributed by atoms with Gasteiger partial charge in [-0.05, 0) is 6.07 Å². The van der Waals surface area contributed by atoms with Crippen LogP contribution >= 0.6 is 11.6 Å². The first-order valence-electron chi connectivity index (χ1n) is 5.90. The molecule has 0 spiro atoms. The standard InChI is InChI=1S/C12H9ClN6O2/c13-5-11(20)16-9-4-10(19-3-1-2-15-19)18-12(17-9)8-6-14-7-21-8/h1-4,6-7H,5H2,(H,16,17,18,20). The first kappa shape index (κ1) is 13.3. The number of alkyl halides is 1. The summed E-state index contributed by atoms with van der Waals surface area (Å²) in [7, 11) is 0. The number of rotatable bonds is 4. The molecule has 0 aromatic carbocycles. The second-order valence-corrected chi connectivity index (χ2v) is 4.20. The van der Waals surface area contributed by atoms with E-state index in [1.807, 2.05) is 0 Å². The molecule has 3 rings (SSSR count). The number of nitrogens with zero attached hydrogens (tertiary/aromatic N) is 5. The fourth-order valence-corrected chi connectivity index (χ4v) is 1.70. The highest BCUT2D eigenvalue weighted by Crippen LogP contribution is 2.19. The lowest BCUT2D eigenvalue weighted by Gasteiger charge is -2.07. The molecule has 0 saturated carbocycles. The van der Waals surface area contributed by atoms with Crippen molar-refractivity contribution in [1.29, 1.82) is 0 Å². The van der Waals surface area contributed by atoms with E-state index in [4.69, 9.17) is 16.0 Å². The van der Waals surface area contributed by atoms with E-state index in [1.54, 1.807) is 24.5 Å². The van der Waals surface area contributed by atoms with E-state index in [9.17, 15) is 4.79 Å². The Morgan fingerprint density at radius 3 is 3.00 bits per heavy atom. The number of halogens is 1. The van der Waals surface area contributed by atoms with Gasteiger partial charge in [0.1, 0.15) is 11.7 Å². The Balaban J connectivity index is 2.06. The number of hydrogen-bond acceptors (Lipinski definition) is 6. The molecular weight excluding hydrogens is 296 g/mol. The summed E-state index contributed by atoms with van der Waals surface area (Å²) in [5.74, 6) is 0.901. The van der Waals surface area contributed by atoms with Gasteiger partial charge in [-0.25, -0.2) is 19.6 Å². The van der Waals surface area contributed by atoms with Crippen LogP contribution in [0.15, 0.2) is 41.5 Å². The number of nitrogens with one attached hydrogen (secondary N) is 1. The molecular formula is C12H9ClN6O2. The maximum atomic E-state index is 11.4. The zero-order valence-electron chi connectivity index (χ0n) is 10.6. The summed E-state index contributed by atoms with van der Waals surface area (Å²) in [4.78, 5) is 23.8. The van der Waals surface area contributed by atoms with Gasteiger partial charge in [0.05, 0.1) is 6.20 Å². The molecule has 106 valence electrons. The first-order chi connectivity index (χ1) is 10.3. The molecule has 3 aromatic rings. The zero-order valence-corrected chi connectivity index (χ0v) is 11.4. The third kappa shape index (κ3) is 2.90. The summed E-state index contributed by atoms with van der Waals surface area (Å²) in [6.45, 7) is 0. The average molecular weight is 305 g/mol. The van der Waals surface area contributed by atoms with E-state index in [1.165, 1.54) is 17.3 Å². The van der Waals surface area contributed by atoms with Crippen LogP contribution in [0.5, 0.6) is 0 Å². The maximum Gasteiger partial charge on any atom is 0.240 e.